The maximum atomic E-state index is 12.1. The van der Waals surface area contributed by atoms with E-state index in [-0.39, 0.29) is 48.1 Å². The number of carbonyl (C=O) groups is 2. The Bertz CT molecular complexity index is 1190. The normalized spacial score (nSPS) is 10.5. The molecule has 0 aliphatic heterocycles. The maximum absolute atomic E-state index is 12.1. The Balaban J connectivity index is 0.00000216. The molecule has 0 fully saturated rings. The summed E-state index contributed by atoms with van der Waals surface area (Å²) in [5.74, 6) is 0.269. The van der Waals surface area contributed by atoms with E-state index in [4.69, 9.17) is 0 Å². The van der Waals surface area contributed by atoms with Crippen LogP contribution in [0.5, 0.6) is 11.5 Å². The number of aromatic hydroxyl groups is 2. The van der Waals surface area contributed by atoms with Gasteiger partial charge in [-0.3, -0.25) is 9.59 Å². The van der Waals surface area contributed by atoms with Gasteiger partial charge in [0.1, 0.15) is 11.5 Å². The molecule has 0 saturated heterocycles. The van der Waals surface area contributed by atoms with Crippen LogP contribution in [0.25, 0.3) is 21.8 Å². The van der Waals surface area contributed by atoms with E-state index in [1.165, 1.54) is 0 Å². The summed E-state index contributed by atoms with van der Waals surface area (Å²) in [7, 11) is 0. The molecule has 0 aliphatic rings. The number of carbonyl (C=O) groups excluding carboxylic acids is 2. The number of hydrogen-bond acceptors (Lipinski definition) is 4. The molecule has 0 atom stereocenters. The lowest BCUT2D eigenvalue weighted by Crippen LogP contribution is -2.27. The summed E-state index contributed by atoms with van der Waals surface area (Å²) < 4.78 is 0. The second kappa shape index (κ2) is 12.9. The highest BCUT2D eigenvalue weighted by Crippen LogP contribution is 2.24. The number of fused-ring (bicyclic) bond motifs is 2. The number of aromatic amines is 2. The molecular weight excluding hydrogens is 491 g/mol. The number of phenolic OH excluding ortho intramolecular Hbond substituents is 2. The first-order valence-corrected chi connectivity index (χ1v) is 11.1. The molecule has 0 radical (unpaired) electrons. The van der Waals surface area contributed by atoms with Crippen LogP contribution >= 0.6 is 24.8 Å². The molecule has 0 saturated carbocycles. The number of hydrogen-bond donors (Lipinski definition) is 6. The molecule has 0 unspecified atom stereocenters. The van der Waals surface area contributed by atoms with Crippen molar-refractivity contribution in [2.45, 2.75) is 32.1 Å². The van der Waals surface area contributed by atoms with Gasteiger partial charge in [0.25, 0.3) is 0 Å². The lowest BCUT2D eigenvalue weighted by Gasteiger charge is -2.06. The first kappa shape index (κ1) is 27.9. The molecule has 4 rings (SSSR count). The van der Waals surface area contributed by atoms with Gasteiger partial charge in [-0.2, -0.15) is 0 Å². The van der Waals surface area contributed by atoms with Crippen LogP contribution in [0.3, 0.4) is 0 Å². The fraction of sp³-hybridized carbons (Fsp3) is 0.280. The summed E-state index contributed by atoms with van der Waals surface area (Å²) in [6.07, 6.45) is 6.16. The number of nitrogens with one attached hydrogen (secondary N) is 4. The third kappa shape index (κ3) is 7.31. The van der Waals surface area contributed by atoms with E-state index in [0.29, 0.717) is 45.2 Å². The van der Waals surface area contributed by atoms with Crippen LogP contribution in [0.2, 0.25) is 0 Å². The Hall–Kier alpha value is -3.36. The summed E-state index contributed by atoms with van der Waals surface area (Å²) >= 11 is 0. The first-order valence-electron chi connectivity index (χ1n) is 11.1. The van der Waals surface area contributed by atoms with Crippen molar-refractivity contribution in [2.75, 3.05) is 13.1 Å². The van der Waals surface area contributed by atoms with Gasteiger partial charge in [-0.25, -0.2) is 0 Å². The van der Waals surface area contributed by atoms with Gasteiger partial charge in [-0.05, 0) is 66.8 Å². The van der Waals surface area contributed by atoms with E-state index in [0.717, 1.165) is 32.9 Å². The molecule has 2 amide bonds. The Morgan fingerprint density at radius 3 is 1.57 bits per heavy atom. The lowest BCUT2D eigenvalue weighted by atomic mass is 10.1. The van der Waals surface area contributed by atoms with Crippen molar-refractivity contribution in [3.63, 3.8) is 0 Å². The summed E-state index contributed by atoms with van der Waals surface area (Å²) in [4.78, 5) is 30.5. The smallest absolute Gasteiger partial charge is 0.220 e. The van der Waals surface area contributed by atoms with Crippen molar-refractivity contribution in [1.82, 2.24) is 20.6 Å². The van der Waals surface area contributed by atoms with Gasteiger partial charge >= 0.3 is 0 Å². The molecule has 188 valence electrons. The maximum Gasteiger partial charge on any atom is 0.220 e. The number of rotatable bonds is 10. The number of H-pyrrole nitrogens is 2. The van der Waals surface area contributed by atoms with E-state index >= 15 is 0 Å². The number of benzene rings is 2. The molecule has 8 nitrogen and oxygen atoms in total. The molecule has 6 N–H and O–H groups in total. The minimum absolute atomic E-state index is 0. The van der Waals surface area contributed by atoms with Crippen LogP contribution in [0.1, 0.15) is 30.4 Å². The highest BCUT2D eigenvalue weighted by molar-refractivity contribution is 5.86. The van der Waals surface area contributed by atoms with E-state index in [1.54, 1.807) is 24.3 Å². The van der Waals surface area contributed by atoms with Crippen molar-refractivity contribution in [3.8, 4) is 11.5 Å². The van der Waals surface area contributed by atoms with E-state index in [1.807, 2.05) is 24.5 Å². The van der Waals surface area contributed by atoms with Crippen LogP contribution in [0.15, 0.2) is 48.8 Å². The van der Waals surface area contributed by atoms with Gasteiger partial charge in [0.2, 0.25) is 11.8 Å². The molecule has 2 aromatic heterocycles. The zero-order valence-corrected chi connectivity index (χ0v) is 20.7. The topological polar surface area (TPSA) is 130 Å². The first-order chi connectivity index (χ1) is 16.0. The van der Waals surface area contributed by atoms with E-state index < -0.39 is 0 Å². The molecule has 10 heteroatoms. The van der Waals surface area contributed by atoms with Crippen LogP contribution in [0.4, 0.5) is 0 Å². The fourth-order valence-corrected chi connectivity index (χ4v) is 4.01. The zero-order valence-electron chi connectivity index (χ0n) is 19.1. The molecule has 0 aliphatic carbocycles. The number of phenols is 2. The molecule has 0 bridgehead atoms. The molecule has 2 aromatic carbocycles. The lowest BCUT2D eigenvalue weighted by molar-refractivity contribution is -0.122. The highest BCUT2D eigenvalue weighted by Gasteiger charge is 2.09. The third-order valence-electron chi connectivity index (χ3n) is 5.74. The fourth-order valence-electron chi connectivity index (χ4n) is 4.01. The highest BCUT2D eigenvalue weighted by atomic mass is 35.5. The Labute approximate surface area is 215 Å². The Kier molecular flexibility index (Phi) is 10.3. The van der Waals surface area contributed by atoms with Crippen molar-refractivity contribution >= 4 is 58.4 Å². The third-order valence-corrected chi connectivity index (χ3v) is 5.74. The Morgan fingerprint density at radius 1 is 0.714 bits per heavy atom. The van der Waals surface area contributed by atoms with Crippen molar-refractivity contribution < 1.29 is 19.8 Å². The minimum Gasteiger partial charge on any atom is -0.508 e. The van der Waals surface area contributed by atoms with Crippen LogP contribution in [-0.4, -0.2) is 45.1 Å². The molecule has 35 heavy (non-hydrogen) atoms. The quantitative estimate of drug-likeness (QED) is 0.188. The van der Waals surface area contributed by atoms with Crippen molar-refractivity contribution in [1.29, 1.82) is 0 Å². The average molecular weight is 521 g/mol. The van der Waals surface area contributed by atoms with E-state index in [9.17, 15) is 19.8 Å². The molecule has 0 spiro atoms. The SMILES string of the molecule is Cl.Cl.O=C(CCCC(=O)NCCc1c[nH]c2ccc(O)cc12)NCCc1c[nH]c2ccc(O)cc12. The monoisotopic (exact) mass is 520 g/mol. The largest absolute Gasteiger partial charge is 0.508 e. The predicted molar refractivity (Wildman–Crippen MR) is 142 cm³/mol. The summed E-state index contributed by atoms with van der Waals surface area (Å²) in [5.41, 5.74) is 3.96. The van der Waals surface area contributed by atoms with Crippen LogP contribution < -0.4 is 10.6 Å². The van der Waals surface area contributed by atoms with Gasteiger partial charge in [0.15, 0.2) is 0 Å². The second-order valence-corrected chi connectivity index (χ2v) is 8.14. The predicted octanol–water partition coefficient (Wildman–Crippen LogP) is 4.09. The summed E-state index contributed by atoms with van der Waals surface area (Å²) in [6.45, 7) is 0.988. The molecular formula is C25H30Cl2N4O4. The average Bonchev–Trinajstić information content (AvgIpc) is 3.37. The van der Waals surface area contributed by atoms with E-state index in [2.05, 4.69) is 20.6 Å². The molecule has 4 aromatic rings. The van der Waals surface area contributed by atoms with Crippen LogP contribution in [-0.2, 0) is 22.4 Å². The number of halogens is 2. The van der Waals surface area contributed by atoms with Gasteiger partial charge in [0, 0.05) is 60.1 Å². The summed E-state index contributed by atoms with van der Waals surface area (Å²) in [6, 6.07) is 10.3. The second-order valence-electron chi connectivity index (χ2n) is 8.14. The van der Waals surface area contributed by atoms with Gasteiger partial charge in [-0.1, -0.05) is 0 Å². The molecule has 2 heterocycles. The van der Waals surface area contributed by atoms with Gasteiger partial charge in [0.05, 0.1) is 0 Å². The number of aromatic nitrogens is 2. The Morgan fingerprint density at radius 2 is 1.14 bits per heavy atom. The van der Waals surface area contributed by atoms with Gasteiger partial charge in [-0.15, -0.1) is 24.8 Å². The number of amides is 2. The van der Waals surface area contributed by atoms with Crippen molar-refractivity contribution in [2.24, 2.45) is 0 Å². The zero-order chi connectivity index (χ0) is 23.2. The van der Waals surface area contributed by atoms with Crippen molar-refractivity contribution in [3.05, 3.63) is 59.9 Å². The standard InChI is InChI=1S/C25H28N4O4.2ClH/c30-18-4-6-22-20(12-18)16(14-28-22)8-10-26-24(32)2-1-3-25(33)27-11-9-17-15-29-23-7-5-19(31)13-21(17)23;;/h4-7,12-15,28-31H,1-3,8-11H2,(H,26,32)(H,27,33);2*1H. The summed E-state index contributed by atoms with van der Waals surface area (Å²) in [5, 5.41) is 27.0. The van der Waals surface area contributed by atoms with Gasteiger partial charge < -0.3 is 30.8 Å². The van der Waals surface area contributed by atoms with Crippen LogP contribution in [0, 0.1) is 0 Å². The minimum atomic E-state index is -0.0795.